The predicted octanol–water partition coefficient (Wildman–Crippen LogP) is 1.59. The van der Waals surface area contributed by atoms with Crippen molar-refractivity contribution in [2.45, 2.75) is 38.8 Å². The van der Waals surface area contributed by atoms with E-state index in [1.807, 2.05) is 0 Å². The van der Waals surface area contributed by atoms with Gasteiger partial charge in [0.05, 0.1) is 0 Å². The Kier molecular flexibility index (Phi) is 3.08. The van der Waals surface area contributed by atoms with Crippen molar-refractivity contribution in [3.05, 3.63) is 0 Å². The van der Waals surface area contributed by atoms with Crippen molar-refractivity contribution in [2.24, 2.45) is 10.3 Å². The number of nitrogens with zero attached hydrogens (tertiary/aromatic N) is 2. The van der Waals surface area contributed by atoms with E-state index in [2.05, 4.69) is 23.1 Å². The molecule has 4 heteroatoms. The third kappa shape index (κ3) is 2.21. The molecule has 2 rings (SSSR count). The lowest BCUT2D eigenvalue weighted by atomic mass is 10.2. The van der Waals surface area contributed by atoms with Gasteiger partial charge in [-0.3, -0.25) is 4.90 Å². The SMILES string of the molecule is CN=S1(=O)CC2CCC(C1)N2CC(C)C. The number of hydrogen-bond donors (Lipinski definition) is 0. The van der Waals surface area contributed by atoms with Crippen LogP contribution in [0.5, 0.6) is 0 Å². The van der Waals surface area contributed by atoms with Crippen LogP contribution in [0, 0.1) is 5.92 Å². The van der Waals surface area contributed by atoms with Gasteiger partial charge < -0.3 is 0 Å². The zero-order chi connectivity index (χ0) is 11.1. The van der Waals surface area contributed by atoms with E-state index in [4.69, 9.17) is 0 Å². The van der Waals surface area contributed by atoms with Gasteiger partial charge in [0, 0.05) is 46.9 Å². The molecule has 0 aromatic rings. The van der Waals surface area contributed by atoms with Gasteiger partial charge >= 0.3 is 0 Å². The summed E-state index contributed by atoms with van der Waals surface area (Å²) in [5.74, 6) is 2.33. The van der Waals surface area contributed by atoms with Crippen LogP contribution in [0.15, 0.2) is 4.36 Å². The molecular formula is C11H22N2OS. The molecule has 2 bridgehead atoms. The van der Waals surface area contributed by atoms with Crippen molar-refractivity contribution in [1.29, 1.82) is 0 Å². The van der Waals surface area contributed by atoms with Crippen LogP contribution in [-0.4, -0.2) is 46.3 Å². The maximum absolute atomic E-state index is 12.3. The average Bonchev–Trinajstić information content (AvgIpc) is 2.43. The Hall–Kier alpha value is -0.0900. The van der Waals surface area contributed by atoms with E-state index in [0.29, 0.717) is 18.0 Å². The quantitative estimate of drug-likeness (QED) is 0.721. The molecule has 2 saturated heterocycles. The van der Waals surface area contributed by atoms with Gasteiger partial charge in [0.25, 0.3) is 0 Å². The molecular weight excluding hydrogens is 208 g/mol. The summed E-state index contributed by atoms with van der Waals surface area (Å²) >= 11 is 0. The average molecular weight is 230 g/mol. The Morgan fingerprint density at radius 2 is 1.87 bits per heavy atom. The van der Waals surface area contributed by atoms with Gasteiger partial charge in [-0.1, -0.05) is 13.8 Å². The second-order valence-electron chi connectivity index (χ2n) is 5.26. The number of fused-ring (bicyclic) bond motifs is 2. The minimum absolute atomic E-state index is 0.544. The van der Waals surface area contributed by atoms with Gasteiger partial charge in [-0.2, -0.15) is 0 Å². The smallest absolute Gasteiger partial charge is 0.0495 e. The molecule has 0 radical (unpaired) electrons. The maximum Gasteiger partial charge on any atom is 0.0495 e. The van der Waals surface area contributed by atoms with E-state index in [0.717, 1.165) is 18.1 Å². The molecule has 0 saturated carbocycles. The van der Waals surface area contributed by atoms with Gasteiger partial charge in [-0.15, -0.1) is 0 Å². The molecule has 0 aliphatic carbocycles. The zero-order valence-corrected chi connectivity index (χ0v) is 10.8. The Morgan fingerprint density at radius 3 is 2.27 bits per heavy atom. The second kappa shape index (κ2) is 4.06. The second-order valence-corrected chi connectivity index (χ2v) is 7.84. The van der Waals surface area contributed by atoms with Crippen molar-refractivity contribution < 1.29 is 4.21 Å². The fourth-order valence-corrected chi connectivity index (χ4v) is 5.26. The Balaban J connectivity index is 2.14. The molecule has 2 aliphatic heterocycles. The van der Waals surface area contributed by atoms with Crippen molar-refractivity contribution in [3.63, 3.8) is 0 Å². The van der Waals surface area contributed by atoms with E-state index >= 15 is 0 Å². The fraction of sp³-hybridized carbons (Fsp3) is 1.00. The highest BCUT2D eigenvalue weighted by Gasteiger charge is 2.41. The van der Waals surface area contributed by atoms with Crippen molar-refractivity contribution in [3.8, 4) is 0 Å². The van der Waals surface area contributed by atoms with Crippen LogP contribution in [-0.2, 0) is 9.73 Å². The molecule has 3 nitrogen and oxygen atoms in total. The summed E-state index contributed by atoms with van der Waals surface area (Å²) in [6.45, 7) is 5.68. The third-order valence-corrected chi connectivity index (χ3v) is 6.06. The highest BCUT2D eigenvalue weighted by molar-refractivity contribution is 7.93. The van der Waals surface area contributed by atoms with Gasteiger partial charge in [-0.25, -0.2) is 8.57 Å². The number of hydrogen-bond acceptors (Lipinski definition) is 3. The Labute approximate surface area is 93.4 Å². The summed E-state index contributed by atoms with van der Waals surface area (Å²) in [6, 6.07) is 1.09. The molecule has 0 N–H and O–H groups in total. The maximum atomic E-state index is 12.3. The van der Waals surface area contributed by atoms with Crippen LogP contribution in [0.25, 0.3) is 0 Å². The molecule has 0 aromatic carbocycles. The van der Waals surface area contributed by atoms with Crippen LogP contribution < -0.4 is 0 Å². The third-order valence-electron chi connectivity index (χ3n) is 3.59. The van der Waals surface area contributed by atoms with Crippen LogP contribution in [0.3, 0.4) is 0 Å². The van der Waals surface area contributed by atoms with E-state index in [1.165, 1.54) is 12.8 Å². The summed E-state index contributed by atoms with van der Waals surface area (Å²) in [6.07, 6.45) is 2.45. The molecule has 2 unspecified atom stereocenters. The summed E-state index contributed by atoms with van der Waals surface area (Å²) < 4.78 is 16.4. The first-order valence-electron chi connectivity index (χ1n) is 5.90. The molecule has 0 aromatic heterocycles. The topological polar surface area (TPSA) is 32.7 Å². The molecule has 88 valence electrons. The van der Waals surface area contributed by atoms with Crippen molar-refractivity contribution in [1.82, 2.24) is 4.90 Å². The lowest BCUT2D eigenvalue weighted by Crippen LogP contribution is -2.49. The lowest BCUT2D eigenvalue weighted by Gasteiger charge is -2.37. The van der Waals surface area contributed by atoms with E-state index in [-0.39, 0.29) is 0 Å². The number of rotatable bonds is 2. The Morgan fingerprint density at radius 1 is 1.33 bits per heavy atom. The summed E-state index contributed by atoms with van der Waals surface area (Å²) in [5.41, 5.74) is 0. The van der Waals surface area contributed by atoms with Crippen LogP contribution >= 0.6 is 0 Å². The van der Waals surface area contributed by atoms with Crippen molar-refractivity contribution >= 4 is 9.73 Å². The summed E-state index contributed by atoms with van der Waals surface area (Å²) in [7, 11) is -0.127. The highest BCUT2D eigenvalue weighted by Crippen LogP contribution is 2.32. The monoisotopic (exact) mass is 230 g/mol. The van der Waals surface area contributed by atoms with Crippen LogP contribution in [0.4, 0.5) is 0 Å². The first-order chi connectivity index (χ1) is 7.04. The van der Waals surface area contributed by atoms with Crippen LogP contribution in [0.2, 0.25) is 0 Å². The first kappa shape index (κ1) is 11.4. The summed E-state index contributed by atoms with van der Waals surface area (Å²) in [4.78, 5) is 2.58. The Bertz CT molecular complexity index is 324. The molecule has 2 atom stereocenters. The van der Waals surface area contributed by atoms with Gasteiger partial charge in [0.1, 0.15) is 0 Å². The largest absolute Gasteiger partial charge is 0.295 e. The van der Waals surface area contributed by atoms with E-state index < -0.39 is 9.73 Å². The first-order valence-corrected chi connectivity index (χ1v) is 7.76. The molecule has 2 fully saturated rings. The van der Waals surface area contributed by atoms with E-state index in [1.54, 1.807) is 7.05 Å². The van der Waals surface area contributed by atoms with Gasteiger partial charge in [-0.05, 0) is 18.8 Å². The van der Waals surface area contributed by atoms with Crippen LogP contribution in [0.1, 0.15) is 26.7 Å². The minimum atomic E-state index is -1.85. The molecule has 2 aliphatic rings. The standard InChI is InChI=1S/C11H22N2OS/c1-9(2)6-13-10-4-5-11(13)8-15(14,7-10)12-3/h9-11H,4-8H2,1-3H3. The molecule has 0 amide bonds. The zero-order valence-electron chi connectivity index (χ0n) is 9.98. The van der Waals surface area contributed by atoms with Gasteiger partial charge in [0.15, 0.2) is 0 Å². The molecule has 0 spiro atoms. The highest BCUT2D eigenvalue weighted by atomic mass is 32.2. The predicted molar refractivity (Wildman–Crippen MR) is 64.6 cm³/mol. The van der Waals surface area contributed by atoms with E-state index in [9.17, 15) is 4.21 Å². The van der Waals surface area contributed by atoms with Gasteiger partial charge in [0.2, 0.25) is 0 Å². The lowest BCUT2D eigenvalue weighted by molar-refractivity contribution is 0.186. The normalized spacial score (nSPS) is 41.1. The molecule has 15 heavy (non-hydrogen) atoms. The molecule has 2 heterocycles. The fourth-order valence-electron chi connectivity index (χ4n) is 2.91. The van der Waals surface area contributed by atoms with Crippen molar-refractivity contribution in [2.75, 3.05) is 25.1 Å². The summed E-state index contributed by atoms with van der Waals surface area (Å²) in [5, 5.41) is 0. The minimum Gasteiger partial charge on any atom is -0.295 e.